The van der Waals surface area contributed by atoms with Gasteiger partial charge in [-0.15, -0.1) is 10.2 Å². The Kier molecular flexibility index (Phi) is 4.80. The van der Waals surface area contributed by atoms with Gasteiger partial charge >= 0.3 is 6.18 Å². The van der Waals surface area contributed by atoms with Gasteiger partial charge in [-0.2, -0.15) is 18.4 Å². The first kappa shape index (κ1) is 16.1. The van der Waals surface area contributed by atoms with Crippen LogP contribution in [-0.2, 0) is 4.79 Å². The molecule has 0 fully saturated rings. The van der Waals surface area contributed by atoms with Gasteiger partial charge in [0.15, 0.2) is 5.78 Å². The van der Waals surface area contributed by atoms with Crippen molar-refractivity contribution in [3.8, 4) is 6.07 Å². The number of Topliss-reactive ketones (excluding diaryl/α,β-unsaturated/α-hetero) is 1. The summed E-state index contributed by atoms with van der Waals surface area (Å²) in [4.78, 5) is 11.6. The van der Waals surface area contributed by atoms with E-state index in [1.165, 1.54) is 6.07 Å². The molecule has 0 aromatic heterocycles. The molecule has 0 amide bonds. The van der Waals surface area contributed by atoms with E-state index in [9.17, 15) is 26.7 Å². The lowest BCUT2D eigenvalue weighted by atomic mass is 9.83. The Hall–Kier alpha value is -1.99. The Morgan fingerprint density at radius 2 is 1.80 bits per heavy atom. The van der Waals surface area contributed by atoms with Crippen LogP contribution in [0.4, 0.5) is 22.0 Å². The lowest BCUT2D eigenvalue weighted by Gasteiger charge is -2.28. The van der Waals surface area contributed by atoms with Gasteiger partial charge in [-0.05, 0) is 10.4 Å². The van der Waals surface area contributed by atoms with Crippen LogP contribution in [0.5, 0.6) is 0 Å². The van der Waals surface area contributed by atoms with Crippen molar-refractivity contribution in [1.29, 1.82) is 5.26 Å². The molecule has 0 N–H and O–H groups in total. The van der Waals surface area contributed by atoms with E-state index in [-0.39, 0.29) is 0 Å². The standard InChI is InChI=1S/C9H8F5N5O/c10-7(11)3-5(6(20)1-2-15)8(4-9(12,13)14)16-18-19-17-8/h5,7H,1,3-4H2. The highest BCUT2D eigenvalue weighted by atomic mass is 19.4. The van der Waals surface area contributed by atoms with Gasteiger partial charge in [0.1, 0.15) is 0 Å². The van der Waals surface area contributed by atoms with E-state index in [1.54, 1.807) is 0 Å². The van der Waals surface area contributed by atoms with Gasteiger partial charge in [0.05, 0.1) is 24.8 Å². The third-order valence-corrected chi connectivity index (χ3v) is 2.55. The van der Waals surface area contributed by atoms with E-state index in [2.05, 4.69) is 20.7 Å². The minimum atomic E-state index is -4.81. The summed E-state index contributed by atoms with van der Waals surface area (Å²) < 4.78 is 62.6. The summed E-state index contributed by atoms with van der Waals surface area (Å²) >= 11 is 0. The van der Waals surface area contributed by atoms with Crippen LogP contribution in [0.25, 0.3) is 0 Å². The molecule has 1 aliphatic heterocycles. The highest BCUT2D eigenvalue weighted by Crippen LogP contribution is 2.42. The fourth-order valence-electron chi connectivity index (χ4n) is 1.80. The Morgan fingerprint density at radius 3 is 2.20 bits per heavy atom. The molecule has 110 valence electrons. The van der Waals surface area contributed by atoms with Crippen molar-refractivity contribution in [2.45, 2.75) is 37.5 Å². The summed E-state index contributed by atoms with van der Waals surface area (Å²) in [6.07, 6.45) is -11.6. The molecule has 0 saturated heterocycles. The monoisotopic (exact) mass is 297 g/mol. The van der Waals surface area contributed by atoms with Crippen molar-refractivity contribution in [3.05, 3.63) is 0 Å². The van der Waals surface area contributed by atoms with Gasteiger partial charge in [0.25, 0.3) is 0 Å². The van der Waals surface area contributed by atoms with Gasteiger partial charge in [-0.3, -0.25) is 4.79 Å². The van der Waals surface area contributed by atoms with Crippen LogP contribution in [0.3, 0.4) is 0 Å². The molecule has 1 rings (SSSR count). The van der Waals surface area contributed by atoms with E-state index in [0.717, 1.165) is 0 Å². The Morgan fingerprint density at radius 1 is 1.25 bits per heavy atom. The number of ketones is 1. The van der Waals surface area contributed by atoms with Crippen LogP contribution >= 0.6 is 0 Å². The number of nitriles is 1. The molecule has 0 aliphatic carbocycles. The van der Waals surface area contributed by atoms with Crippen molar-refractivity contribution in [2.24, 2.45) is 26.6 Å². The number of alkyl halides is 5. The Labute approximate surface area is 109 Å². The molecular weight excluding hydrogens is 289 g/mol. The molecule has 1 heterocycles. The molecule has 0 saturated carbocycles. The van der Waals surface area contributed by atoms with Crippen molar-refractivity contribution in [2.75, 3.05) is 0 Å². The van der Waals surface area contributed by atoms with Gasteiger partial charge in [0, 0.05) is 6.42 Å². The SMILES string of the molecule is N#CCC(=O)C(CC(F)F)C1(CC(F)(F)F)N=NN=N1. The summed E-state index contributed by atoms with van der Waals surface area (Å²) in [5.41, 5.74) is -2.54. The van der Waals surface area contributed by atoms with Gasteiger partial charge in [0.2, 0.25) is 12.1 Å². The smallest absolute Gasteiger partial charge is 0.298 e. The zero-order valence-corrected chi connectivity index (χ0v) is 9.81. The predicted octanol–water partition coefficient (Wildman–Crippen LogP) is 3.22. The topological polar surface area (TPSA) is 90.3 Å². The summed E-state index contributed by atoms with van der Waals surface area (Å²) in [6.45, 7) is 0. The van der Waals surface area contributed by atoms with Crippen LogP contribution in [0, 0.1) is 17.2 Å². The molecule has 0 aromatic carbocycles. The third-order valence-electron chi connectivity index (χ3n) is 2.55. The van der Waals surface area contributed by atoms with E-state index in [4.69, 9.17) is 5.26 Å². The molecule has 1 unspecified atom stereocenters. The van der Waals surface area contributed by atoms with Crippen molar-refractivity contribution < 1.29 is 26.7 Å². The Bertz CT molecular complexity index is 454. The zero-order chi connectivity index (χ0) is 15.4. The van der Waals surface area contributed by atoms with Crippen molar-refractivity contribution >= 4 is 5.78 Å². The first-order valence-electron chi connectivity index (χ1n) is 5.29. The highest BCUT2D eigenvalue weighted by molar-refractivity contribution is 5.84. The molecular formula is C9H8F5N5O. The summed E-state index contributed by atoms with van der Waals surface area (Å²) in [5, 5.41) is 20.4. The molecule has 1 atom stereocenters. The lowest BCUT2D eigenvalue weighted by molar-refractivity contribution is -0.155. The van der Waals surface area contributed by atoms with E-state index >= 15 is 0 Å². The zero-order valence-electron chi connectivity index (χ0n) is 9.81. The normalized spacial score (nSPS) is 18.2. The van der Waals surface area contributed by atoms with Crippen molar-refractivity contribution in [1.82, 2.24) is 0 Å². The fraction of sp³-hybridized carbons (Fsp3) is 0.778. The molecule has 20 heavy (non-hydrogen) atoms. The number of carbonyl (C=O) groups is 1. The van der Waals surface area contributed by atoms with Crippen LogP contribution in [0.2, 0.25) is 0 Å². The average molecular weight is 297 g/mol. The summed E-state index contributed by atoms with van der Waals surface area (Å²) in [6, 6.07) is 1.40. The average Bonchev–Trinajstić information content (AvgIpc) is 2.72. The third kappa shape index (κ3) is 4.01. The van der Waals surface area contributed by atoms with Gasteiger partial charge in [-0.25, -0.2) is 8.78 Å². The van der Waals surface area contributed by atoms with Crippen LogP contribution in [0.1, 0.15) is 19.3 Å². The second-order valence-electron chi connectivity index (χ2n) is 4.03. The first-order valence-corrected chi connectivity index (χ1v) is 5.29. The molecule has 0 spiro atoms. The minimum Gasteiger partial charge on any atom is -0.298 e. The number of hydrogen-bond donors (Lipinski definition) is 0. The number of carbonyl (C=O) groups excluding carboxylic acids is 1. The molecule has 6 nitrogen and oxygen atoms in total. The van der Waals surface area contributed by atoms with Gasteiger partial charge < -0.3 is 0 Å². The largest absolute Gasteiger partial charge is 0.393 e. The maximum absolute atomic E-state index is 12.5. The highest BCUT2D eigenvalue weighted by Gasteiger charge is 2.53. The molecule has 0 radical (unpaired) electrons. The summed E-state index contributed by atoms with van der Waals surface area (Å²) in [5.74, 6) is -3.00. The molecule has 0 bridgehead atoms. The number of halogens is 5. The quantitative estimate of drug-likeness (QED) is 0.704. The fourth-order valence-corrected chi connectivity index (χ4v) is 1.80. The van der Waals surface area contributed by atoms with Crippen LogP contribution in [-0.4, -0.2) is 24.0 Å². The van der Waals surface area contributed by atoms with Crippen LogP contribution in [0.15, 0.2) is 20.7 Å². The maximum atomic E-state index is 12.5. The second kappa shape index (κ2) is 5.98. The van der Waals surface area contributed by atoms with Crippen LogP contribution < -0.4 is 0 Å². The number of rotatable bonds is 6. The Balaban J connectivity index is 3.12. The minimum absolute atomic E-state index is 0.817. The summed E-state index contributed by atoms with van der Waals surface area (Å²) in [7, 11) is 0. The first-order chi connectivity index (χ1) is 9.20. The van der Waals surface area contributed by atoms with E-state index < -0.39 is 49.2 Å². The second-order valence-corrected chi connectivity index (χ2v) is 4.03. The van der Waals surface area contributed by atoms with E-state index in [1.807, 2.05) is 0 Å². The van der Waals surface area contributed by atoms with E-state index in [0.29, 0.717) is 0 Å². The molecule has 1 aliphatic rings. The predicted molar refractivity (Wildman–Crippen MR) is 52.5 cm³/mol. The lowest BCUT2D eigenvalue weighted by Crippen LogP contribution is -2.42. The molecule has 0 aromatic rings. The number of nitrogens with zero attached hydrogens (tertiary/aromatic N) is 5. The van der Waals surface area contributed by atoms with Crippen molar-refractivity contribution in [3.63, 3.8) is 0 Å². The molecule has 11 heteroatoms. The maximum Gasteiger partial charge on any atom is 0.393 e. The number of hydrogen-bond acceptors (Lipinski definition) is 6. The van der Waals surface area contributed by atoms with Gasteiger partial charge in [-0.1, -0.05) is 0 Å².